The number of benzene rings is 2. The molecule has 2 aromatic carbocycles. The molecule has 1 aliphatic rings. The molecule has 5 nitrogen and oxygen atoms in total. The Hall–Kier alpha value is -3.18. The van der Waals surface area contributed by atoms with Gasteiger partial charge in [0.1, 0.15) is 5.82 Å². The van der Waals surface area contributed by atoms with Crippen LogP contribution in [-0.2, 0) is 30.2 Å². The number of nitrogens with two attached hydrogens (primary N) is 1. The average Bonchev–Trinajstić information content (AvgIpc) is 2.82. The first kappa shape index (κ1) is 28.4. The lowest BCUT2D eigenvalue weighted by Gasteiger charge is -2.37. The molecule has 0 aliphatic carbocycles. The van der Waals surface area contributed by atoms with E-state index in [9.17, 15) is 31.1 Å². The highest BCUT2D eigenvalue weighted by Gasteiger charge is 2.39. The molecule has 1 amide bonds. The maximum atomic E-state index is 14.0. The lowest BCUT2D eigenvalue weighted by molar-refractivity contribution is -0.145. The fourth-order valence-corrected chi connectivity index (χ4v) is 4.34. The Bertz CT molecular complexity index is 1260. The monoisotopic (exact) mass is 544 g/mol. The molecule has 12 heteroatoms. The van der Waals surface area contributed by atoms with E-state index in [1.807, 2.05) is 0 Å². The third-order valence-corrected chi connectivity index (χ3v) is 6.07. The second-order valence-corrected chi connectivity index (χ2v) is 8.67. The Morgan fingerprint density at radius 1 is 1.08 bits per heavy atom. The van der Waals surface area contributed by atoms with Crippen molar-refractivity contribution >= 4 is 18.3 Å². The number of halogens is 7. The summed E-state index contributed by atoms with van der Waals surface area (Å²) in [6, 6.07) is 8.29. The lowest BCUT2D eigenvalue weighted by atomic mass is 9.92. The van der Waals surface area contributed by atoms with Crippen LogP contribution in [0.5, 0.6) is 0 Å². The molecule has 198 valence electrons. The van der Waals surface area contributed by atoms with Crippen LogP contribution in [0.3, 0.4) is 0 Å². The molecule has 0 spiro atoms. The van der Waals surface area contributed by atoms with Crippen molar-refractivity contribution in [2.45, 2.75) is 43.9 Å². The quantitative estimate of drug-likeness (QED) is 0.352. The van der Waals surface area contributed by atoms with Crippen LogP contribution in [0.4, 0.5) is 26.3 Å². The van der Waals surface area contributed by atoms with Gasteiger partial charge >= 0.3 is 6.18 Å². The van der Waals surface area contributed by atoms with Gasteiger partial charge < -0.3 is 10.6 Å². The van der Waals surface area contributed by atoms with E-state index in [-0.39, 0.29) is 55.9 Å². The van der Waals surface area contributed by atoms with Gasteiger partial charge in [-0.05, 0) is 42.0 Å². The van der Waals surface area contributed by atoms with Gasteiger partial charge in [-0.25, -0.2) is 23.1 Å². The Labute approximate surface area is 215 Å². The van der Waals surface area contributed by atoms with Gasteiger partial charge in [-0.3, -0.25) is 4.79 Å². The van der Waals surface area contributed by atoms with Gasteiger partial charge in [0.25, 0.3) is 0 Å². The van der Waals surface area contributed by atoms with Crippen LogP contribution in [0.2, 0.25) is 0 Å². The van der Waals surface area contributed by atoms with E-state index >= 15 is 0 Å². The number of nitrogens with zero attached hydrogens (tertiary/aromatic N) is 3. The summed E-state index contributed by atoms with van der Waals surface area (Å²) in [5, 5.41) is 0. The number of hydrogen-bond acceptors (Lipinski definition) is 4. The van der Waals surface area contributed by atoms with E-state index in [0.717, 1.165) is 11.8 Å². The standard InChI is InChI=1S/C25H22F6N4O.ClH/c26-18-12-20(28)19(27)10-16(18)9-17(32)11-22(36)35-7-6-15-13-33-24(25(29,30)31)34-23(15)21(35)8-14-4-2-1-3-5-14;/h1-5,10,12-13,17,21H,6-9,11,32H2;1H/t17-,21?;/m1./s1. The van der Waals surface area contributed by atoms with Crippen LogP contribution in [0.1, 0.15) is 40.7 Å². The molecule has 37 heavy (non-hydrogen) atoms. The topological polar surface area (TPSA) is 72.1 Å². The first-order valence-corrected chi connectivity index (χ1v) is 11.2. The third-order valence-electron chi connectivity index (χ3n) is 6.07. The predicted octanol–water partition coefficient (Wildman–Crippen LogP) is 4.96. The van der Waals surface area contributed by atoms with E-state index in [4.69, 9.17) is 5.73 Å². The maximum Gasteiger partial charge on any atom is 0.451 e. The highest BCUT2D eigenvalue weighted by molar-refractivity contribution is 5.85. The Balaban J connectivity index is 0.00000380. The van der Waals surface area contributed by atoms with Crippen LogP contribution in [-0.4, -0.2) is 33.4 Å². The van der Waals surface area contributed by atoms with Crippen LogP contribution < -0.4 is 5.73 Å². The van der Waals surface area contributed by atoms with Gasteiger partial charge in [-0.2, -0.15) is 13.2 Å². The summed E-state index contributed by atoms with van der Waals surface area (Å²) >= 11 is 0. The molecule has 0 saturated carbocycles. The number of amides is 1. The van der Waals surface area contributed by atoms with E-state index in [0.29, 0.717) is 17.7 Å². The lowest BCUT2D eigenvalue weighted by Crippen LogP contribution is -2.44. The largest absolute Gasteiger partial charge is 0.451 e. The first-order chi connectivity index (χ1) is 17.0. The minimum atomic E-state index is -4.75. The zero-order valence-electron chi connectivity index (χ0n) is 19.3. The molecule has 2 heterocycles. The number of carbonyl (C=O) groups is 1. The summed E-state index contributed by atoms with van der Waals surface area (Å²) in [4.78, 5) is 21.9. The number of carbonyl (C=O) groups excluding carboxylic acids is 1. The molecule has 1 aliphatic heterocycles. The van der Waals surface area contributed by atoms with Gasteiger partial charge in [0.15, 0.2) is 11.6 Å². The van der Waals surface area contributed by atoms with Gasteiger partial charge in [-0.1, -0.05) is 30.3 Å². The molecule has 3 aromatic rings. The molecule has 0 fully saturated rings. The summed E-state index contributed by atoms with van der Waals surface area (Å²) in [6.45, 7) is 0.199. The van der Waals surface area contributed by atoms with Crippen molar-refractivity contribution < 1.29 is 31.1 Å². The zero-order chi connectivity index (χ0) is 26.0. The van der Waals surface area contributed by atoms with Crippen LogP contribution in [0.25, 0.3) is 0 Å². The van der Waals surface area contributed by atoms with Gasteiger partial charge in [0.2, 0.25) is 11.7 Å². The summed E-state index contributed by atoms with van der Waals surface area (Å²) < 4.78 is 80.7. The summed E-state index contributed by atoms with van der Waals surface area (Å²) in [7, 11) is 0. The molecule has 0 saturated heterocycles. The van der Waals surface area contributed by atoms with Gasteiger partial charge in [0, 0.05) is 31.3 Å². The van der Waals surface area contributed by atoms with Crippen molar-refractivity contribution in [2.75, 3.05) is 6.54 Å². The fraction of sp³-hybridized carbons (Fsp3) is 0.320. The molecule has 1 unspecified atom stereocenters. The smallest absolute Gasteiger partial charge is 0.333 e. The summed E-state index contributed by atoms with van der Waals surface area (Å²) in [5.41, 5.74) is 7.27. The minimum Gasteiger partial charge on any atom is -0.333 e. The highest BCUT2D eigenvalue weighted by atomic mass is 35.5. The van der Waals surface area contributed by atoms with Crippen LogP contribution in [0.15, 0.2) is 48.7 Å². The molecular weight excluding hydrogens is 522 g/mol. The van der Waals surface area contributed by atoms with E-state index in [2.05, 4.69) is 9.97 Å². The third kappa shape index (κ3) is 6.58. The number of rotatable bonds is 6. The Kier molecular flexibility index (Phi) is 8.80. The fourth-order valence-electron chi connectivity index (χ4n) is 4.34. The Morgan fingerprint density at radius 3 is 2.43 bits per heavy atom. The van der Waals surface area contributed by atoms with E-state index in [1.54, 1.807) is 30.3 Å². The molecular formula is C25H23ClF6N4O. The van der Waals surface area contributed by atoms with Crippen molar-refractivity contribution in [3.63, 3.8) is 0 Å². The second kappa shape index (κ2) is 11.5. The summed E-state index contributed by atoms with van der Waals surface area (Å²) in [6.07, 6.45) is -3.67. The molecule has 2 atom stereocenters. The number of aromatic nitrogens is 2. The average molecular weight is 545 g/mol. The predicted molar refractivity (Wildman–Crippen MR) is 125 cm³/mol. The normalized spacial score (nSPS) is 16.1. The van der Waals surface area contributed by atoms with Crippen molar-refractivity contribution in [1.29, 1.82) is 0 Å². The van der Waals surface area contributed by atoms with Crippen molar-refractivity contribution in [3.05, 3.63) is 94.3 Å². The van der Waals surface area contributed by atoms with Crippen molar-refractivity contribution in [3.8, 4) is 0 Å². The Morgan fingerprint density at radius 2 is 1.76 bits per heavy atom. The number of hydrogen-bond donors (Lipinski definition) is 1. The number of fused-ring (bicyclic) bond motifs is 1. The summed E-state index contributed by atoms with van der Waals surface area (Å²) in [5.74, 6) is -5.32. The molecule has 2 N–H and O–H groups in total. The molecule has 4 rings (SSSR count). The first-order valence-electron chi connectivity index (χ1n) is 11.2. The van der Waals surface area contributed by atoms with Crippen LogP contribution in [0, 0.1) is 17.5 Å². The molecule has 0 bridgehead atoms. The SMILES string of the molecule is Cl.N[C@@H](CC(=O)N1CCc2cnc(C(F)(F)F)nc2C1Cc1ccccc1)Cc1cc(F)c(F)cc1F. The highest BCUT2D eigenvalue weighted by Crippen LogP contribution is 2.34. The van der Waals surface area contributed by atoms with E-state index in [1.165, 1.54) is 4.90 Å². The maximum absolute atomic E-state index is 14.0. The number of alkyl halides is 3. The van der Waals surface area contributed by atoms with Gasteiger partial charge in [-0.15, -0.1) is 12.4 Å². The van der Waals surface area contributed by atoms with Crippen molar-refractivity contribution in [1.82, 2.24) is 14.9 Å². The van der Waals surface area contributed by atoms with Gasteiger partial charge in [0.05, 0.1) is 11.7 Å². The molecule has 1 aromatic heterocycles. The second-order valence-electron chi connectivity index (χ2n) is 8.67. The van der Waals surface area contributed by atoms with E-state index < -0.39 is 47.4 Å². The molecule has 0 radical (unpaired) electrons. The van der Waals surface area contributed by atoms with Crippen molar-refractivity contribution in [2.24, 2.45) is 5.73 Å². The minimum absolute atomic E-state index is 0. The zero-order valence-corrected chi connectivity index (χ0v) is 20.1. The van der Waals surface area contributed by atoms with Crippen LogP contribution >= 0.6 is 12.4 Å².